The molecule has 0 bridgehead atoms. The molecule has 1 amide bonds. The Morgan fingerprint density at radius 1 is 1.61 bits per heavy atom. The number of amides is 1. The normalized spacial score (nSPS) is 11.4. The Hall–Kier alpha value is -2.13. The Labute approximate surface area is 109 Å². The SMILES string of the molecule is CC(C#N)N(C)C(=O)c1cccc([N+](=O)[O-])c1Cl. The topological polar surface area (TPSA) is 87.2 Å². The summed E-state index contributed by atoms with van der Waals surface area (Å²) in [6, 6.07) is 5.23. The Morgan fingerprint density at radius 2 is 2.22 bits per heavy atom. The second-order valence-corrected chi connectivity index (χ2v) is 3.99. The first-order valence-electron chi connectivity index (χ1n) is 4.99. The summed E-state index contributed by atoms with van der Waals surface area (Å²) in [6.07, 6.45) is 0. The van der Waals surface area contributed by atoms with Crippen LogP contribution in [0.1, 0.15) is 17.3 Å². The van der Waals surface area contributed by atoms with E-state index in [2.05, 4.69) is 0 Å². The van der Waals surface area contributed by atoms with Crippen molar-refractivity contribution in [3.05, 3.63) is 38.9 Å². The van der Waals surface area contributed by atoms with E-state index in [9.17, 15) is 14.9 Å². The van der Waals surface area contributed by atoms with Crippen LogP contribution in [0.5, 0.6) is 0 Å². The molecule has 0 aliphatic carbocycles. The van der Waals surface area contributed by atoms with Gasteiger partial charge in [-0.1, -0.05) is 17.7 Å². The molecule has 0 heterocycles. The van der Waals surface area contributed by atoms with Crippen LogP contribution in [-0.4, -0.2) is 28.8 Å². The van der Waals surface area contributed by atoms with Crippen molar-refractivity contribution in [2.75, 3.05) is 7.05 Å². The van der Waals surface area contributed by atoms with Gasteiger partial charge in [0.05, 0.1) is 16.6 Å². The van der Waals surface area contributed by atoms with Gasteiger partial charge in [-0.15, -0.1) is 0 Å². The first-order valence-corrected chi connectivity index (χ1v) is 5.37. The van der Waals surface area contributed by atoms with Crippen LogP contribution in [0.4, 0.5) is 5.69 Å². The summed E-state index contributed by atoms with van der Waals surface area (Å²) in [5.41, 5.74) is -0.323. The molecule has 94 valence electrons. The summed E-state index contributed by atoms with van der Waals surface area (Å²) in [5.74, 6) is -0.530. The fourth-order valence-electron chi connectivity index (χ4n) is 1.28. The predicted octanol–water partition coefficient (Wildman–Crippen LogP) is 2.23. The number of halogens is 1. The molecule has 18 heavy (non-hydrogen) atoms. The van der Waals surface area contributed by atoms with Crippen LogP contribution in [0.2, 0.25) is 5.02 Å². The summed E-state index contributed by atoms with van der Waals surface area (Å²) < 4.78 is 0. The molecule has 0 N–H and O–H groups in total. The number of carbonyl (C=O) groups excluding carboxylic acids is 1. The lowest BCUT2D eigenvalue weighted by Gasteiger charge is -2.19. The zero-order valence-corrected chi connectivity index (χ0v) is 10.5. The summed E-state index contributed by atoms with van der Waals surface area (Å²) in [7, 11) is 1.44. The third-order valence-electron chi connectivity index (χ3n) is 2.49. The Morgan fingerprint density at radius 3 is 2.72 bits per heavy atom. The number of rotatable bonds is 3. The van der Waals surface area contributed by atoms with E-state index < -0.39 is 16.9 Å². The van der Waals surface area contributed by atoms with E-state index in [0.29, 0.717) is 0 Å². The molecule has 0 aliphatic rings. The highest BCUT2D eigenvalue weighted by atomic mass is 35.5. The van der Waals surface area contributed by atoms with Gasteiger partial charge >= 0.3 is 0 Å². The highest BCUT2D eigenvalue weighted by Crippen LogP contribution is 2.28. The van der Waals surface area contributed by atoms with Gasteiger partial charge in [0.1, 0.15) is 11.1 Å². The van der Waals surface area contributed by atoms with Crippen molar-refractivity contribution in [1.29, 1.82) is 5.26 Å². The van der Waals surface area contributed by atoms with E-state index in [-0.39, 0.29) is 16.3 Å². The quantitative estimate of drug-likeness (QED) is 0.620. The monoisotopic (exact) mass is 267 g/mol. The van der Waals surface area contributed by atoms with Crippen LogP contribution in [0.25, 0.3) is 0 Å². The molecular weight excluding hydrogens is 258 g/mol. The molecule has 0 fully saturated rings. The summed E-state index contributed by atoms with van der Waals surface area (Å²) in [6.45, 7) is 1.54. The molecule has 1 aromatic carbocycles. The first kappa shape index (κ1) is 13.9. The van der Waals surface area contributed by atoms with Crippen molar-refractivity contribution in [2.24, 2.45) is 0 Å². The van der Waals surface area contributed by atoms with E-state index in [1.807, 2.05) is 6.07 Å². The number of carbonyl (C=O) groups is 1. The first-order chi connectivity index (χ1) is 8.40. The zero-order chi connectivity index (χ0) is 13.9. The molecule has 1 rings (SSSR count). The molecule has 0 aromatic heterocycles. The Balaban J connectivity index is 3.19. The molecule has 0 saturated heterocycles. The zero-order valence-electron chi connectivity index (χ0n) is 9.75. The molecule has 0 spiro atoms. The van der Waals surface area contributed by atoms with Gasteiger partial charge in [-0.25, -0.2) is 0 Å². The van der Waals surface area contributed by atoms with E-state index in [1.54, 1.807) is 6.92 Å². The van der Waals surface area contributed by atoms with Crippen LogP contribution in [0.3, 0.4) is 0 Å². The molecule has 6 nitrogen and oxygen atoms in total. The van der Waals surface area contributed by atoms with Crippen LogP contribution >= 0.6 is 11.6 Å². The molecule has 0 aliphatic heterocycles. The minimum atomic E-state index is -0.660. The summed E-state index contributed by atoms with van der Waals surface area (Å²) >= 11 is 5.82. The van der Waals surface area contributed by atoms with Crippen LogP contribution in [0, 0.1) is 21.4 Å². The largest absolute Gasteiger partial charge is 0.326 e. The standard InChI is InChI=1S/C11H10ClN3O3/c1-7(6-13)14(2)11(16)8-4-3-5-9(10(8)12)15(17)18/h3-5,7H,1-2H3. The maximum atomic E-state index is 12.0. The van der Waals surface area contributed by atoms with Crippen molar-refractivity contribution in [3.8, 4) is 6.07 Å². The van der Waals surface area contributed by atoms with Crippen molar-refractivity contribution in [1.82, 2.24) is 4.90 Å². The van der Waals surface area contributed by atoms with E-state index >= 15 is 0 Å². The fourth-order valence-corrected chi connectivity index (χ4v) is 1.55. The number of nitrogens with zero attached hydrogens (tertiary/aromatic N) is 3. The molecule has 0 radical (unpaired) electrons. The maximum absolute atomic E-state index is 12.0. The van der Waals surface area contributed by atoms with E-state index in [1.165, 1.54) is 30.1 Å². The number of nitriles is 1. The third kappa shape index (κ3) is 2.57. The lowest BCUT2D eigenvalue weighted by Crippen LogP contribution is -2.34. The average molecular weight is 268 g/mol. The Bertz CT molecular complexity index is 539. The average Bonchev–Trinajstić information content (AvgIpc) is 2.36. The molecule has 1 atom stereocenters. The highest BCUT2D eigenvalue weighted by molar-refractivity contribution is 6.35. The second-order valence-electron chi connectivity index (χ2n) is 3.62. The fraction of sp³-hybridized carbons (Fsp3) is 0.273. The lowest BCUT2D eigenvalue weighted by atomic mass is 10.1. The molecule has 7 heteroatoms. The number of benzene rings is 1. The molecule has 1 unspecified atom stereocenters. The van der Waals surface area contributed by atoms with E-state index in [4.69, 9.17) is 16.9 Å². The smallest absolute Gasteiger partial charge is 0.288 e. The molecular formula is C11H10ClN3O3. The van der Waals surface area contributed by atoms with Gasteiger partial charge in [0.25, 0.3) is 11.6 Å². The van der Waals surface area contributed by atoms with Gasteiger partial charge in [0.2, 0.25) is 0 Å². The maximum Gasteiger partial charge on any atom is 0.288 e. The van der Waals surface area contributed by atoms with Gasteiger partial charge < -0.3 is 4.90 Å². The summed E-state index contributed by atoms with van der Waals surface area (Å²) in [4.78, 5) is 23.2. The Kier molecular flexibility index (Phi) is 4.23. The van der Waals surface area contributed by atoms with Crippen LogP contribution in [0.15, 0.2) is 18.2 Å². The van der Waals surface area contributed by atoms with Gasteiger partial charge in [-0.05, 0) is 13.0 Å². The minimum absolute atomic E-state index is 0.00969. The molecule has 0 saturated carbocycles. The minimum Gasteiger partial charge on any atom is -0.326 e. The molecule has 1 aromatic rings. The van der Waals surface area contributed by atoms with E-state index in [0.717, 1.165) is 0 Å². The second kappa shape index (κ2) is 5.47. The van der Waals surface area contributed by atoms with Crippen molar-refractivity contribution in [3.63, 3.8) is 0 Å². The van der Waals surface area contributed by atoms with Gasteiger partial charge in [0.15, 0.2) is 0 Å². The van der Waals surface area contributed by atoms with Crippen LogP contribution < -0.4 is 0 Å². The highest BCUT2D eigenvalue weighted by Gasteiger charge is 2.24. The van der Waals surface area contributed by atoms with Gasteiger partial charge in [0, 0.05) is 13.1 Å². The van der Waals surface area contributed by atoms with Crippen molar-refractivity contribution >= 4 is 23.2 Å². The van der Waals surface area contributed by atoms with Gasteiger partial charge in [-0.3, -0.25) is 14.9 Å². The summed E-state index contributed by atoms with van der Waals surface area (Å²) in [5, 5.41) is 19.2. The third-order valence-corrected chi connectivity index (χ3v) is 2.89. The number of hydrogen-bond acceptors (Lipinski definition) is 4. The van der Waals surface area contributed by atoms with Crippen molar-refractivity contribution in [2.45, 2.75) is 13.0 Å². The number of hydrogen-bond donors (Lipinski definition) is 0. The predicted molar refractivity (Wildman–Crippen MR) is 65.3 cm³/mol. The van der Waals surface area contributed by atoms with Gasteiger partial charge in [-0.2, -0.15) is 5.26 Å². The number of nitro groups is 1. The van der Waals surface area contributed by atoms with Crippen molar-refractivity contribution < 1.29 is 9.72 Å². The lowest BCUT2D eigenvalue weighted by molar-refractivity contribution is -0.384. The number of nitro benzene ring substituents is 1. The van der Waals surface area contributed by atoms with Crippen LogP contribution in [-0.2, 0) is 0 Å².